The summed E-state index contributed by atoms with van der Waals surface area (Å²) in [4.78, 5) is 24.1. The second kappa shape index (κ2) is 6.06. The van der Waals surface area contributed by atoms with Gasteiger partial charge in [0.2, 0.25) is 5.76 Å². The maximum Gasteiger partial charge on any atom is 0.286 e. The van der Waals surface area contributed by atoms with Crippen LogP contribution in [0.2, 0.25) is 0 Å². The van der Waals surface area contributed by atoms with Gasteiger partial charge in [-0.15, -0.1) is 0 Å². The molecule has 2 amide bonds. The van der Waals surface area contributed by atoms with E-state index in [-0.39, 0.29) is 21.9 Å². The molecule has 0 radical (unpaired) electrons. The highest BCUT2D eigenvalue weighted by Gasteiger charge is 2.21. The third-order valence-electron chi connectivity index (χ3n) is 3.58. The van der Waals surface area contributed by atoms with E-state index in [0.29, 0.717) is 11.0 Å². The van der Waals surface area contributed by atoms with Gasteiger partial charge in [-0.3, -0.25) is 9.59 Å². The lowest BCUT2D eigenvalue weighted by Crippen LogP contribution is -2.17. The first kappa shape index (κ1) is 16.7. The number of nitrogens with one attached hydrogen (secondary N) is 1. The van der Waals surface area contributed by atoms with Gasteiger partial charge in [0, 0.05) is 17.2 Å². The Morgan fingerprint density at radius 1 is 1.08 bits per heavy atom. The third-order valence-corrected chi connectivity index (χ3v) is 4.69. The standard InChI is InChI=1S/C17H14N2O5S/c1-25(22,23)11-6-4-5-10(9-11)17(21)19-14-12-7-2-3-8-13(12)24-15(14)16(18)20/h2-9H,1H3,(H2,18,20)(H,19,21). The van der Waals surface area contributed by atoms with E-state index in [4.69, 9.17) is 10.2 Å². The topological polar surface area (TPSA) is 119 Å². The van der Waals surface area contributed by atoms with Crippen molar-refractivity contribution in [2.24, 2.45) is 5.73 Å². The quantitative estimate of drug-likeness (QED) is 0.741. The molecule has 3 rings (SSSR count). The highest BCUT2D eigenvalue weighted by atomic mass is 32.2. The summed E-state index contributed by atoms with van der Waals surface area (Å²) >= 11 is 0. The van der Waals surface area contributed by atoms with Crippen LogP contribution < -0.4 is 11.1 Å². The molecule has 0 unspecified atom stereocenters. The molecule has 3 aromatic rings. The molecule has 1 aromatic heterocycles. The summed E-state index contributed by atoms with van der Waals surface area (Å²) in [7, 11) is -3.45. The van der Waals surface area contributed by atoms with Crippen LogP contribution in [-0.4, -0.2) is 26.5 Å². The number of rotatable bonds is 4. The van der Waals surface area contributed by atoms with E-state index >= 15 is 0 Å². The highest BCUT2D eigenvalue weighted by Crippen LogP contribution is 2.31. The zero-order valence-electron chi connectivity index (χ0n) is 13.1. The SMILES string of the molecule is CS(=O)(=O)c1cccc(C(=O)Nc2c(C(N)=O)oc3ccccc23)c1. The molecule has 0 atom stereocenters. The Morgan fingerprint density at radius 2 is 1.80 bits per heavy atom. The van der Waals surface area contributed by atoms with Crippen molar-refractivity contribution in [2.45, 2.75) is 4.90 Å². The fourth-order valence-electron chi connectivity index (χ4n) is 2.40. The van der Waals surface area contributed by atoms with Gasteiger partial charge >= 0.3 is 0 Å². The van der Waals surface area contributed by atoms with Crippen molar-refractivity contribution in [3.8, 4) is 0 Å². The average molecular weight is 358 g/mol. The number of hydrogen-bond acceptors (Lipinski definition) is 5. The number of sulfone groups is 1. The molecule has 0 aliphatic carbocycles. The predicted molar refractivity (Wildman–Crippen MR) is 92.2 cm³/mol. The van der Waals surface area contributed by atoms with Crippen molar-refractivity contribution in [1.29, 1.82) is 0 Å². The average Bonchev–Trinajstić information content (AvgIpc) is 2.93. The summed E-state index contributed by atoms with van der Waals surface area (Å²) in [5.41, 5.74) is 5.99. The number of carbonyl (C=O) groups is 2. The van der Waals surface area contributed by atoms with Crippen LogP contribution in [0.15, 0.2) is 57.8 Å². The smallest absolute Gasteiger partial charge is 0.286 e. The monoisotopic (exact) mass is 358 g/mol. The molecule has 0 saturated heterocycles. The van der Waals surface area contributed by atoms with E-state index in [1.54, 1.807) is 24.3 Å². The van der Waals surface area contributed by atoms with Crippen molar-refractivity contribution in [3.05, 3.63) is 59.9 Å². The summed E-state index contributed by atoms with van der Waals surface area (Å²) in [5.74, 6) is -1.58. The molecule has 2 aromatic carbocycles. The van der Waals surface area contributed by atoms with E-state index in [0.717, 1.165) is 6.26 Å². The Bertz CT molecular complexity index is 1100. The number of para-hydroxylation sites is 1. The van der Waals surface area contributed by atoms with Gasteiger partial charge in [-0.1, -0.05) is 18.2 Å². The van der Waals surface area contributed by atoms with Crippen molar-refractivity contribution < 1.29 is 22.4 Å². The fourth-order valence-corrected chi connectivity index (χ4v) is 3.06. The highest BCUT2D eigenvalue weighted by molar-refractivity contribution is 7.90. The molecular weight excluding hydrogens is 344 g/mol. The van der Waals surface area contributed by atoms with Crippen molar-refractivity contribution in [2.75, 3.05) is 11.6 Å². The van der Waals surface area contributed by atoms with E-state index in [1.807, 2.05) is 0 Å². The van der Waals surface area contributed by atoms with Gasteiger partial charge in [-0.05, 0) is 30.3 Å². The second-order valence-corrected chi connectivity index (χ2v) is 7.44. The molecule has 0 aliphatic rings. The number of hydrogen-bond donors (Lipinski definition) is 2. The summed E-state index contributed by atoms with van der Waals surface area (Å²) in [6, 6.07) is 12.4. The van der Waals surface area contributed by atoms with Crippen molar-refractivity contribution in [3.63, 3.8) is 0 Å². The van der Waals surface area contributed by atoms with Crippen LogP contribution >= 0.6 is 0 Å². The molecule has 3 N–H and O–H groups in total. The van der Waals surface area contributed by atoms with Gasteiger partial charge in [-0.2, -0.15) is 0 Å². The zero-order chi connectivity index (χ0) is 18.2. The molecule has 7 nitrogen and oxygen atoms in total. The lowest BCUT2D eigenvalue weighted by atomic mass is 10.2. The van der Waals surface area contributed by atoms with Crippen LogP contribution in [0.1, 0.15) is 20.9 Å². The number of nitrogens with two attached hydrogens (primary N) is 1. The minimum Gasteiger partial charge on any atom is -0.449 e. The maximum atomic E-state index is 12.5. The molecule has 25 heavy (non-hydrogen) atoms. The molecule has 0 spiro atoms. The van der Waals surface area contributed by atoms with Crippen molar-refractivity contribution >= 4 is 38.3 Å². The van der Waals surface area contributed by atoms with Gasteiger partial charge in [0.15, 0.2) is 9.84 Å². The largest absolute Gasteiger partial charge is 0.449 e. The first-order valence-corrected chi connectivity index (χ1v) is 9.09. The molecule has 0 saturated carbocycles. The number of furan rings is 1. The molecular formula is C17H14N2O5S. The lowest BCUT2D eigenvalue weighted by molar-refractivity contribution is 0.0977. The Labute approximate surface area is 143 Å². The second-order valence-electron chi connectivity index (χ2n) is 5.42. The first-order valence-electron chi connectivity index (χ1n) is 7.20. The van der Waals surface area contributed by atoms with Gasteiger partial charge in [0.25, 0.3) is 11.8 Å². The number of fused-ring (bicyclic) bond motifs is 1. The van der Waals surface area contributed by atoms with Crippen LogP contribution in [0.5, 0.6) is 0 Å². The summed E-state index contributed by atoms with van der Waals surface area (Å²) < 4.78 is 28.7. The minimum atomic E-state index is -3.45. The van der Waals surface area contributed by atoms with E-state index in [9.17, 15) is 18.0 Å². The van der Waals surface area contributed by atoms with E-state index < -0.39 is 21.7 Å². The normalized spacial score (nSPS) is 11.4. The maximum absolute atomic E-state index is 12.5. The van der Waals surface area contributed by atoms with Gasteiger partial charge in [-0.25, -0.2) is 8.42 Å². The van der Waals surface area contributed by atoms with Crippen LogP contribution in [0, 0.1) is 0 Å². The van der Waals surface area contributed by atoms with Gasteiger partial charge < -0.3 is 15.5 Å². The minimum absolute atomic E-state index is 0.0207. The lowest BCUT2D eigenvalue weighted by Gasteiger charge is -2.06. The summed E-state index contributed by atoms with van der Waals surface area (Å²) in [5, 5.41) is 3.10. The van der Waals surface area contributed by atoms with Crippen LogP contribution in [0.25, 0.3) is 11.0 Å². The molecule has 0 bridgehead atoms. The predicted octanol–water partition coefficient (Wildman–Crippen LogP) is 2.19. The first-order chi connectivity index (χ1) is 11.8. The Kier molecular flexibility index (Phi) is 4.05. The van der Waals surface area contributed by atoms with E-state index in [2.05, 4.69) is 5.32 Å². The fraction of sp³-hybridized carbons (Fsp3) is 0.0588. The van der Waals surface area contributed by atoms with Gasteiger partial charge in [0.05, 0.1) is 4.90 Å². The number of anilines is 1. The van der Waals surface area contributed by atoms with Gasteiger partial charge in [0.1, 0.15) is 11.3 Å². The van der Waals surface area contributed by atoms with E-state index in [1.165, 1.54) is 24.3 Å². The summed E-state index contributed by atoms with van der Waals surface area (Å²) in [6.07, 6.45) is 1.05. The Hall–Kier alpha value is -3.13. The van der Waals surface area contributed by atoms with Crippen molar-refractivity contribution in [1.82, 2.24) is 0 Å². The Balaban J connectivity index is 2.03. The van der Waals surface area contributed by atoms with Crippen LogP contribution in [0.3, 0.4) is 0 Å². The number of benzene rings is 2. The molecule has 128 valence electrons. The Morgan fingerprint density at radius 3 is 2.48 bits per heavy atom. The number of carbonyl (C=O) groups excluding carboxylic acids is 2. The number of amides is 2. The van der Waals surface area contributed by atoms with Crippen LogP contribution in [-0.2, 0) is 9.84 Å². The number of primary amides is 1. The van der Waals surface area contributed by atoms with Crippen LogP contribution in [0.4, 0.5) is 5.69 Å². The molecule has 0 aliphatic heterocycles. The molecule has 0 fully saturated rings. The molecule has 1 heterocycles. The third kappa shape index (κ3) is 3.24. The summed E-state index contributed by atoms with van der Waals surface area (Å²) in [6.45, 7) is 0. The zero-order valence-corrected chi connectivity index (χ0v) is 14.0. The molecule has 8 heteroatoms.